The van der Waals surface area contributed by atoms with Gasteiger partial charge in [0.05, 0.1) is 6.61 Å². The maximum absolute atomic E-state index is 11.8. The van der Waals surface area contributed by atoms with Crippen molar-refractivity contribution in [1.82, 2.24) is 0 Å². The number of esters is 1. The Morgan fingerprint density at radius 1 is 0.958 bits per heavy atom. The first-order valence-electron chi connectivity index (χ1n) is 9.54. The number of carbonyl (C=O) groups excluding carboxylic acids is 1. The molecule has 0 heterocycles. The molecule has 2 heteroatoms. The van der Waals surface area contributed by atoms with E-state index in [0.29, 0.717) is 40.8 Å². The van der Waals surface area contributed by atoms with Crippen LogP contribution < -0.4 is 0 Å². The van der Waals surface area contributed by atoms with Crippen LogP contribution in [0.15, 0.2) is 12.2 Å². The summed E-state index contributed by atoms with van der Waals surface area (Å²) in [6.45, 7) is 24.3. The molecule has 0 aliphatic rings. The minimum atomic E-state index is -0.259. The molecule has 0 saturated carbocycles. The van der Waals surface area contributed by atoms with Crippen LogP contribution in [0.3, 0.4) is 0 Å². The van der Waals surface area contributed by atoms with Crippen LogP contribution >= 0.6 is 0 Å². The highest BCUT2D eigenvalue weighted by molar-refractivity contribution is 5.86. The summed E-state index contributed by atoms with van der Waals surface area (Å²) in [5.74, 6) is 1.41. The van der Waals surface area contributed by atoms with Gasteiger partial charge in [0.2, 0.25) is 0 Å². The van der Waals surface area contributed by atoms with Crippen LogP contribution in [0.1, 0.15) is 88.0 Å². The Bertz CT molecular complexity index is 395. The van der Waals surface area contributed by atoms with Crippen molar-refractivity contribution in [3.63, 3.8) is 0 Å². The van der Waals surface area contributed by atoms with E-state index in [2.05, 4.69) is 62.0 Å². The van der Waals surface area contributed by atoms with Crippen molar-refractivity contribution in [3.05, 3.63) is 12.2 Å². The van der Waals surface area contributed by atoms with Crippen molar-refractivity contribution < 1.29 is 9.53 Å². The molecule has 0 N–H and O–H groups in total. The van der Waals surface area contributed by atoms with Crippen molar-refractivity contribution in [1.29, 1.82) is 0 Å². The van der Waals surface area contributed by atoms with Gasteiger partial charge in [-0.25, -0.2) is 4.79 Å². The van der Waals surface area contributed by atoms with Crippen LogP contribution in [0, 0.1) is 28.6 Å². The average molecular weight is 339 g/mol. The molecule has 0 aliphatic heterocycles. The summed E-state index contributed by atoms with van der Waals surface area (Å²) in [5, 5.41) is 0. The fourth-order valence-corrected chi connectivity index (χ4v) is 3.62. The molecule has 0 saturated heterocycles. The van der Waals surface area contributed by atoms with Gasteiger partial charge in [-0.15, -0.1) is 0 Å². The van der Waals surface area contributed by atoms with E-state index in [9.17, 15) is 4.79 Å². The van der Waals surface area contributed by atoms with Gasteiger partial charge in [0.15, 0.2) is 0 Å². The maximum Gasteiger partial charge on any atom is 0.333 e. The van der Waals surface area contributed by atoms with E-state index < -0.39 is 0 Å². The Balaban J connectivity index is 4.73. The Hall–Kier alpha value is -0.790. The van der Waals surface area contributed by atoms with E-state index in [-0.39, 0.29) is 5.97 Å². The molecule has 142 valence electrons. The predicted molar refractivity (Wildman–Crippen MR) is 105 cm³/mol. The molecule has 0 fully saturated rings. The molecule has 0 aromatic rings. The summed E-state index contributed by atoms with van der Waals surface area (Å²) in [6, 6.07) is 0. The van der Waals surface area contributed by atoms with E-state index in [0.717, 1.165) is 12.8 Å². The lowest BCUT2D eigenvalue weighted by Crippen LogP contribution is -2.25. The number of rotatable bonds is 9. The van der Waals surface area contributed by atoms with E-state index >= 15 is 0 Å². The van der Waals surface area contributed by atoms with Gasteiger partial charge in [0.25, 0.3) is 0 Å². The fourth-order valence-electron chi connectivity index (χ4n) is 3.62. The topological polar surface area (TPSA) is 26.3 Å². The Kier molecular flexibility index (Phi) is 9.31. The molecule has 0 amide bonds. The van der Waals surface area contributed by atoms with Crippen LogP contribution in [-0.2, 0) is 9.53 Å². The minimum Gasteiger partial charge on any atom is -0.462 e. The molecular formula is C22H42O2. The van der Waals surface area contributed by atoms with Gasteiger partial charge in [-0.05, 0) is 54.8 Å². The first kappa shape index (κ1) is 23.2. The molecule has 0 rings (SSSR count). The zero-order chi connectivity index (χ0) is 19.1. The quantitative estimate of drug-likeness (QED) is 0.347. The van der Waals surface area contributed by atoms with Gasteiger partial charge in [0, 0.05) is 5.57 Å². The average Bonchev–Trinajstić information content (AvgIpc) is 2.33. The molecule has 0 aliphatic carbocycles. The Morgan fingerprint density at radius 3 is 1.88 bits per heavy atom. The lowest BCUT2D eigenvalue weighted by molar-refractivity contribution is -0.141. The first-order chi connectivity index (χ1) is 10.7. The standard InChI is InChI=1S/C22H42O2/c1-16(2)20(23)24-15-19(18(4)14-22(8,9)10)12-11-17(3)13-21(5,6)7/h17-19H,1,11-15H2,2-10H3. The van der Waals surface area contributed by atoms with Gasteiger partial charge in [-0.3, -0.25) is 0 Å². The molecular weight excluding hydrogens is 296 g/mol. The van der Waals surface area contributed by atoms with Gasteiger partial charge >= 0.3 is 5.97 Å². The molecule has 0 radical (unpaired) electrons. The normalized spacial score (nSPS) is 16.4. The first-order valence-corrected chi connectivity index (χ1v) is 9.54. The van der Waals surface area contributed by atoms with E-state index in [4.69, 9.17) is 4.74 Å². The van der Waals surface area contributed by atoms with Crippen molar-refractivity contribution >= 4 is 5.97 Å². The van der Waals surface area contributed by atoms with Crippen molar-refractivity contribution in [2.75, 3.05) is 6.61 Å². The van der Waals surface area contributed by atoms with Gasteiger partial charge in [-0.1, -0.05) is 68.4 Å². The van der Waals surface area contributed by atoms with E-state index in [1.807, 2.05) is 0 Å². The maximum atomic E-state index is 11.8. The molecule has 3 unspecified atom stereocenters. The van der Waals surface area contributed by atoms with Crippen LogP contribution in [-0.4, -0.2) is 12.6 Å². The largest absolute Gasteiger partial charge is 0.462 e. The number of hydrogen-bond donors (Lipinski definition) is 0. The minimum absolute atomic E-state index is 0.259. The highest BCUT2D eigenvalue weighted by Gasteiger charge is 2.25. The van der Waals surface area contributed by atoms with E-state index in [1.165, 1.54) is 12.8 Å². The van der Waals surface area contributed by atoms with Crippen LogP contribution in [0.25, 0.3) is 0 Å². The zero-order valence-corrected chi connectivity index (χ0v) is 17.8. The lowest BCUT2D eigenvalue weighted by atomic mass is 9.76. The van der Waals surface area contributed by atoms with Crippen LogP contribution in [0.2, 0.25) is 0 Å². The second-order valence-corrected chi connectivity index (χ2v) is 10.3. The number of hydrogen-bond acceptors (Lipinski definition) is 2. The molecule has 3 atom stereocenters. The van der Waals surface area contributed by atoms with Crippen LogP contribution in [0.5, 0.6) is 0 Å². The third-order valence-corrected chi connectivity index (χ3v) is 4.51. The number of ether oxygens (including phenoxy) is 1. The van der Waals surface area contributed by atoms with Crippen LogP contribution in [0.4, 0.5) is 0 Å². The smallest absolute Gasteiger partial charge is 0.333 e. The summed E-state index contributed by atoms with van der Waals surface area (Å²) in [7, 11) is 0. The highest BCUT2D eigenvalue weighted by atomic mass is 16.5. The zero-order valence-electron chi connectivity index (χ0n) is 17.8. The van der Waals surface area contributed by atoms with Gasteiger partial charge < -0.3 is 4.74 Å². The third kappa shape index (κ3) is 11.7. The molecule has 0 bridgehead atoms. The lowest BCUT2D eigenvalue weighted by Gasteiger charge is -2.31. The van der Waals surface area contributed by atoms with Crippen molar-refractivity contribution in [2.45, 2.75) is 88.0 Å². The van der Waals surface area contributed by atoms with Crippen molar-refractivity contribution in [2.24, 2.45) is 28.6 Å². The third-order valence-electron chi connectivity index (χ3n) is 4.51. The second-order valence-electron chi connectivity index (χ2n) is 10.3. The summed E-state index contributed by atoms with van der Waals surface area (Å²) in [4.78, 5) is 11.8. The molecule has 0 spiro atoms. The van der Waals surface area contributed by atoms with Gasteiger partial charge in [-0.2, -0.15) is 0 Å². The summed E-state index contributed by atoms with van der Waals surface area (Å²) in [6.07, 6.45) is 4.70. The highest BCUT2D eigenvalue weighted by Crippen LogP contribution is 2.33. The predicted octanol–water partition coefficient (Wildman–Crippen LogP) is 6.65. The Labute approximate surface area is 151 Å². The number of carbonyl (C=O) groups is 1. The molecule has 24 heavy (non-hydrogen) atoms. The summed E-state index contributed by atoms with van der Waals surface area (Å²) >= 11 is 0. The monoisotopic (exact) mass is 338 g/mol. The molecule has 0 aromatic carbocycles. The van der Waals surface area contributed by atoms with Gasteiger partial charge in [0.1, 0.15) is 0 Å². The second kappa shape index (κ2) is 9.63. The molecule has 0 aromatic heterocycles. The SMILES string of the molecule is C=C(C)C(=O)OCC(CCC(C)CC(C)(C)C)C(C)CC(C)(C)C. The summed E-state index contributed by atoms with van der Waals surface area (Å²) < 4.78 is 5.50. The fraction of sp³-hybridized carbons (Fsp3) is 0.864. The summed E-state index contributed by atoms with van der Waals surface area (Å²) in [5.41, 5.74) is 1.16. The Morgan fingerprint density at radius 2 is 1.46 bits per heavy atom. The van der Waals surface area contributed by atoms with Crippen molar-refractivity contribution in [3.8, 4) is 0 Å². The molecule has 2 nitrogen and oxygen atoms in total. The van der Waals surface area contributed by atoms with E-state index in [1.54, 1.807) is 6.92 Å².